The van der Waals surface area contributed by atoms with Crippen LogP contribution in [0.4, 0.5) is 0 Å². The molecule has 0 saturated carbocycles. The summed E-state index contributed by atoms with van der Waals surface area (Å²) in [5, 5.41) is 3.34. The summed E-state index contributed by atoms with van der Waals surface area (Å²) in [6, 6.07) is 0. The first-order valence-corrected chi connectivity index (χ1v) is 10.4. The molecule has 1 aliphatic rings. The van der Waals surface area contributed by atoms with Gasteiger partial charge in [0.25, 0.3) is 10.2 Å². The molecule has 1 rings (SSSR count). The van der Waals surface area contributed by atoms with Crippen molar-refractivity contribution >= 4 is 22.0 Å². The topological polar surface area (TPSA) is 61.4 Å². The number of hydrogen-bond donors (Lipinski definition) is 2. The lowest BCUT2D eigenvalue weighted by atomic mass is 9.98. The first kappa shape index (κ1) is 18.2. The third-order valence-electron chi connectivity index (χ3n) is 3.66. The summed E-state index contributed by atoms with van der Waals surface area (Å²) in [5.74, 6) is 1.71. The van der Waals surface area contributed by atoms with E-state index in [1.54, 1.807) is 16.1 Å². The van der Waals surface area contributed by atoms with Crippen LogP contribution in [0.2, 0.25) is 0 Å². The molecular formula is C13H29N3O2S2. The lowest BCUT2D eigenvalue weighted by molar-refractivity contribution is 0.266. The van der Waals surface area contributed by atoms with Gasteiger partial charge >= 0.3 is 0 Å². The van der Waals surface area contributed by atoms with Gasteiger partial charge in [-0.25, -0.2) is 4.72 Å². The summed E-state index contributed by atoms with van der Waals surface area (Å²) in [6.07, 6.45) is 5.97. The molecule has 5 nitrogen and oxygen atoms in total. The molecule has 20 heavy (non-hydrogen) atoms. The minimum absolute atomic E-state index is 0.556. The second kappa shape index (κ2) is 10.00. The molecule has 0 radical (unpaired) electrons. The Bertz CT molecular complexity index is 342. The van der Waals surface area contributed by atoms with Crippen molar-refractivity contribution in [3.8, 4) is 0 Å². The van der Waals surface area contributed by atoms with Crippen LogP contribution in [0, 0.1) is 5.92 Å². The maximum Gasteiger partial charge on any atom is 0.279 e. The molecule has 0 aliphatic carbocycles. The van der Waals surface area contributed by atoms with Crippen LogP contribution in [-0.2, 0) is 10.2 Å². The molecule has 0 unspecified atom stereocenters. The number of nitrogens with one attached hydrogen (secondary N) is 2. The third-order valence-corrected chi connectivity index (χ3v) is 5.97. The first-order valence-electron chi connectivity index (χ1n) is 7.54. The third kappa shape index (κ3) is 6.76. The van der Waals surface area contributed by atoms with E-state index in [9.17, 15) is 8.42 Å². The fourth-order valence-electron chi connectivity index (χ4n) is 2.37. The van der Waals surface area contributed by atoms with E-state index in [-0.39, 0.29) is 0 Å². The van der Waals surface area contributed by atoms with Crippen LogP contribution in [0.1, 0.15) is 32.6 Å². The summed E-state index contributed by atoms with van der Waals surface area (Å²) in [7, 11) is -3.26. The van der Waals surface area contributed by atoms with Crippen molar-refractivity contribution in [2.75, 3.05) is 44.7 Å². The normalized spacial score (nSPS) is 18.5. The molecule has 0 spiro atoms. The lowest BCUT2D eigenvalue weighted by Crippen LogP contribution is -2.46. The molecule has 1 saturated heterocycles. The average molecular weight is 324 g/mol. The molecule has 0 bridgehead atoms. The van der Waals surface area contributed by atoms with Crippen LogP contribution in [0.25, 0.3) is 0 Å². The van der Waals surface area contributed by atoms with Crippen LogP contribution in [0.15, 0.2) is 0 Å². The summed E-state index contributed by atoms with van der Waals surface area (Å²) < 4.78 is 28.6. The van der Waals surface area contributed by atoms with Gasteiger partial charge in [0.2, 0.25) is 0 Å². The molecule has 1 fully saturated rings. The van der Waals surface area contributed by atoms with E-state index in [1.165, 1.54) is 0 Å². The maximum absolute atomic E-state index is 12.1. The zero-order valence-corrected chi connectivity index (χ0v) is 14.4. The minimum atomic E-state index is -3.26. The Balaban J connectivity index is 2.24. The van der Waals surface area contributed by atoms with Gasteiger partial charge in [-0.2, -0.15) is 24.5 Å². The quantitative estimate of drug-likeness (QED) is 0.595. The smallest absolute Gasteiger partial charge is 0.279 e. The molecule has 1 aliphatic heterocycles. The van der Waals surface area contributed by atoms with E-state index in [1.807, 2.05) is 0 Å². The van der Waals surface area contributed by atoms with Gasteiger partial charge in [0.1, 0.15) is 0 Å². The predicted octanol–water partition coefficient (Wildman–Crippen LogP) is 1.29. The zero-order chi connectivity index (χ0) is 14.8. The van der Waals surface area contributed by atoms with Crippen molar-refractivity contribution in [3.05, 3.63) is 0 Å². The van der Waals surface area contributed by atoms with Crippen molar-refractivity contribution in [1.29, 1.82) is 0 Å². The van der Waals surface area contributed by atoms with Gasteiger partial charge in [0.15, 0.2) is 0 Å². The minimum Gasteiger partial charge on any atom is -0.317 e. The number of nitrogens with zero attached hydrogens (tertiary/aromatic N) is 1. The Hall–Kier alpha value is 0.180. The van der Waals surface area contributed by atoms with Crippen LogP contribution in [0.3, 0.4) is 0 Å². The Morgan fingerprint density at radius 3 is 2.55 bits per heavy atom. The largest absolute Gasteiger partial charge is 0.317 e. The van der Waals surface area contributed by atoms with Crippen molar-refractivity contribution in [3.63, 3.8) is 0 Å². The molecule has 2 N–H and O–H groups in total. The van der Waals surface area contributed by atoms with E-state index in [0.717, 1.165) is 44.5 Å². The molecule has 1 heterocycles. The zero-order valence-electron chi connectivity index (χ0n) is 12.7. The molecule has 0 amide bonds. The predicted molar refractivity (Wildman–Crippen MR) is 87.4 cm³/mol. The van der Waals surface area contributed by atoms with Gasteiger partial charge < -0.3 is 5.32 Å². The van der Waals surface area contributed by atoms with E-state index < -0.39 is 10.2 Å². The molecule has 0 aromatic heterocycles. The standard InChI is InChI=1S/C13H29N3O2S2/c1-3-14-12-13-6-9-16(10-7-13)20(17,18)15-8-4-5-11-19-2/h13-15H,3-12H2,1-2H3. The summed E-state index contributed by atoms with van der Waals surface area (Å²) in [4.78, 5) is 0. The van der Waals surface area contributed by atoms with Crippen molar-refractivity contribution in [2.45, 2.75) is 32.6 Å². The van der Waals surface area contributed by atoms with Crippen molar-refractivity contribution < 1.29 is 8.42 Å². The van der Waals surface area contributed by atoms with Crippen LogP contribution in [-0.4, -0.2) is 57.5 Å². The van der Waals surface area contributed by atoms with Crippen molar-refractivity contribution in [1.82, 2.24) is 14.3 Å². The average Bonchev–Trinajstić information content (AvgIpc) is 2.45. The molecular weight excluding hydrogens is 294 g/mol. The Morgan fingerprint density at radius 1 is 1.25 bits per heavy atom. The highest BCUT2D eigenvalue weighted by Crippen LogP contribution is 2.18. The second-order valence-corrected chi connectivity index (χ2v) is 7.99. The fraction of sp³-hybridized carbons (Fsp3) is 1.00. The summed E-state index contributed by atoms with van der Waals surface area (Å²) in [6.45, 7) is 5.94. The summed E-state index contributed by atoms with van der Waals surface area (Å²) in [5.41, 5.74) is 0. The fourth-order valence-corrected chi connectivity index (χ4v) is 4.14. The number of unbranched alkanes of at least 4 members (excludes halogenated alkanes) is 1. The van der Waals surface area contributed by atoms with E-state index in [2.05, 4.69) is 23.2 Å². The number of rotatable bonds is 10. The molecule has 0 atom stereocenters. The summed E-state index contributed by atoms with van der Waals surface area (Å²) >= 11 is 1.80. The van der Waals surface area contributed by atoms with Gasteiger partial charge in [0, 0.05) is 19.6 Å². The maximum atomic E-state index is 12.1. The Labute approximate surface area is 128 Å². The number of hydrogen-bond acceptors (Lipinski definition) is 4. The molecule has 0 aromatic carbocycles. The van der Waals surface area contributed by atoms with E-state index >= 15 is 0 Å². The SMILES string of the molecule is CCNCC1CCN(S(=O)(=O)NCCCCSC)CC1. The van der Waals surface area contributed by atoms with Gasteiger partial charge in [-0.05, 0) is 56.7 Å². The van der Waals surface area contributed by atoms with Gasteiger partial charge in [0.05, 0.1) is 0 Å². The molecule has 0 aromatic rings. The highest BCUT2D eigenvalue weighted by atomic mass is 32.2. The molecule has 120 valence electrons. The van der Waals surface area contributed by atoms with Crippen LogP contribution in [0.5, 0.6) is 0 Å². The Morgan fingerprint density at radius 2 is 1.95 bits per heavy atom. The second-order valence-electron chi connectivity index (χ2n) is 5.25. The number of thioether (sulfide) groups is 1. The highest BCUT2D eigenvalue weighted by molar-refractivity contribution is 7.98. The molecule has 7 heteroatoms. The van der Waals surface area contributed by atoms with Crippen molar-refractivity contribution in [2.24, 2.45) is 5.92 Å². The van der Waals surface area contributed by atoms with Gasteiger partial charge in [-0.1, -0.05) is 6.92 Å². The van der Waals surface area contributed by atoms with E-state index in [4.69, 9.17) is 0 Å². The Kier molecular flexibility index (Phi) is 9.11. The lowest BCUT2D eigenvalue weighted by Gasteiger charge is -2.31. The number of piperidine rings is 1. The first-order chi connectivity index (χ1) is 9.60. The van der Waals surface area contributed by atoms with Gasteiger partial charge in [-0.15, -0.1) is 0 Å². The van der Waals surface area contributed by atoms with E-state index in [0.29, 0.717) is 25.6 Å². The monoisotopic (exact) mass is 323 g/mol. The van der Waals surface area contributed by atoms with Gasteiger partial charge in [-0.3, -0.25) is 0 Å². The highest BCUT2D eigenvalue weighted by Gasteiger charge is 2.27. The van der Waals surface area contributed by atoms with Crippen LogP contribution < -0.4 is 10.0 Å². The van der Waals surface area contributed by atoms with Crippen LogP contribution >= 0.6 is 11.8 Å².